The Balaban J connectivity index is 2.20. The van der Waals surface area contributed by atoms with E-state index in [1.807, 2.05) is 20.8 Å². The molecule has 0 aromatic carbocycles. The van der Waals surface area contributed by atoms with Gasteiger partial charge < -0.3 is 0 Å². The summed E-state index contributed by atoms with van der Waals surface area (Å²) in [5.41, 5.74) is 0.905. The lowest BCUT2D eigenvalue weighted by Gasteiger charge is -2.05. The van der Waals surface area contributed by atoms with Gasteiger partial charge in [0, 0.05) is 17.5 Å². The van der Waals surface area contributed by atoms with Crippen LogP contribution in [-0.2, 0) is 6.54 Å². The second-order valence-corrected chi connectivity index (χ2v) is 5.60. The van der Waals surface area contributed by atoms with Crippen LogP contribution in [0.5, 0.6) is 0 Å². The van der Waals surface area contributed by atoms with Gasteiger partial charge >= 0.3 is 0 Å². The van der Waals surface area contributed by atoms with Gasteiger partial charge in [-0.05, 0) is 26.3 Å². The maximum absolute atomic E-state index is 12.1. The molecule has 0 atom stereocenters. The molecule has 0 saturated carbocycles. The van der Waals surface area contributed by atoms with Gasteiger partial charge in [-0.3, -0.25) is 14.9 Å². The summed E-state index contributed by atoms with van der Waals surface area (Å²) in [7, 11) is 0. The molecule has 1 N–H and O–H groups in total. The molecule has 2 heterocycles. The van der Waals surface area contributed by atoms with Crippen LogP contribution in [0.25, 0.3) is 0 Å². The fraction of sp³-hybridized carbons (Fsp3) is 0.385. The van der Waals surface area contributed by atoms with Crippen molar-refractivity contribution >= 4 is 22.4 Å². The van der Waals surface area contributed by atoms with Gasteiger partial charge in [0.15, 0.2) is 5.13 Å². The van der Waals surface area contributed by atoms with Crippen LogP contribution in [0.1, 0.15) is 34.4 Å². The summed E-state index contributed by atoms with van der Waals surface area (Å²) in [6.45, 7) is 6.28. The second-order valence-electron chi connectivity index (χ2n) is 4.39. The lowest BCUT2D eigenvalue weighted by molar-refractivity contribution is 0.101. The van der Waals surface area contributed by atoms with Crippen LogP contribution in [0.4, 0.5) is 5.13 Å². The average molecular weight is 292 g/mol. The quantitative estimate of drug-likeness (QED) is 0.934. The molecule has 0 aliphatic carbocycles. The van der Waals surface area contributed by atoms with Gasteiger partial charge in [-0.2, -0.15) is 5.10 Å². The van der Waals surface area contributed by atoms with E-state index >= 15 is 0 Å². The zero-order valence-corrected chi connectivity index (χ0v) is 12.5. The third-order valence-corrected chi connectivity index (χ3v) is 3.77. The normalized spacial score (nSPS) is 10.6. The number of hydrogen-bond acceptors (Lipinski definition) is 5. The molecule has 20 heavy (non-hydrogen) atoms. The average Bonchev–Trinajstić information content (AvgIpc) is 2.71. The van der Waals surface area contributed by atoms with E-state index in [1.165, 1.54) is 28.2 Å². The first-order valence-corrected chi connectivity index (χ1v) is 7.16. The highest BCUT2D eigenvalue weighted by molar-refractivity contribution is 7.15. The minimum atomic E-state index is -0.358. The number of hydrogen-bond donors (Lipinski definition) is 1. The molecule has 0 fully saturated rings. The van der Waals surface area contributed by atoms with Gasteiger partial charge in [0.25, 0.3) is 11.5 Å². The Hall–Kier alpha value is -2.02. The smallest absolute Gasteiger partial charge is 0.277 e. The van der Waals surface area contributed by atoms with E-state index in [0.29, 0.717) is 11.7 Å². The van der Waals surface area contributed by atoms with E-state index in [-0.39, 0.29) is 17.2 Å². The SMILES string of the molecule is CCCn1nc(C(=O)Nc2nc(C)c(C)s2)ccc1=O. The molecule has 2 aromatic heterocycles. The second kappa shape index (κ2) is 5.96. The van der Waals surface area contributed by atoms with Crippen molar-refractivity contribution in [3.8, 4) is 0 Å². The van der Waals surface area contributed by atoms with Crippen LogP contribution >= 0.6 is 11.3 Å². The van der Waals surface area contributed by atoms with Crippen LogP contribution in [0.3, 0.4) is 0 Å². The molecule has 106 valence electrons. The number of carbonyl (C=O) groups excluding carboxylic acids is 1. The summed E-state index contributed by atoms with van der Waals surface area (Å²) in [6.07, 6.45) is 0.781. The zero-order valence-electron chi connectivity index (χ0n) is 11.6. The van der Waals surface area contributed by atoms with Crippen LogP contribution in [0.15, 0.2) is 16.9 Å². The molecule has 0 spiro atoms. The highest BCUT2D eigenvalue weighted by Crippen LogP contribution is 2.21. The molecule has 0 aliphatic heterocycles. The molecule has 0 unspecified atom stereocenters. The predicted molar refractivity (Wildman–Crippen MR) is 78.3 cm³/mol. The van der Waals surface area contributed by atoms with Crippen molar-refractivity contribution in [1.82, 2.24) is 14.8 Å². The molecule has 6 nitrogen and oxygen atoms in total. The number of aryl methyl sites for hydroxylation is 3. The van der Waals surface area contributed by atoms with Gasteiger partial charge in [0.1, 0.15) is 5.69 Å². The van der Waals surface area contributed by atoms with Crippen molar-refractivity contribution in [1.29, 1.82) is 0 Å². The van der Waals surface area contributed by atoms with E-state index in [1.54, 1.807) is 0 Å². The summed E-state index contributed by atoms with van der Waals surface area (Å²) >= 11 is 1.42. The monoisotopic (exact) mass is 292 g/mol. The molecular weight excluding hydrogens is 276 g/mol. The number of nitrogens with one attached hydrogen (secondary N) is 1. The fourth-order valence-corrected chi connectivity index (χ4v) is 2.44. The maximum atomic E-state index is 12.1. The lowest BCUT2D eigenvalue weighted by atomic mass is 10.3. The van der Waals surface area contributed by atoms with E-state index in [2.05, 4.69) is 15.4 Å². The summed E-state index contributed by atoms with van der Waals surface area (Å²) in [6, 6.07) is 2.78. The first kappa shape index (κ1) is 14.4. The van der Waals surface area contributed by atoms with Crippen LogP contribution < -0.4 is 10.9 Å². The molecule has 0 aliphatic rings. The van der Waals surface area contributed by atoms with Crippen molar-refractivity contribution < 1.29 is 4.79 Å². The summed E-state index contributed by atoms with van der Waals surface area (Å²) in [4.78, 5) is 28.9. The first-order chi connectivity index (χ1) is 9.51. The number of thiazole rings is 1. The summed E-state index contributed by atoms with van der Waals surface area (Å²) < 4.78 is 1.30. The standard InChI is InChI=1S/C13H16N4O2S/c1-4-7-17-11(18)6-5-10(16-17)12(19)15-13-14-8(2)9(3)20-13/h5-6H,4,7H2,1-3H3,(H,14,15,19). The number of carbonyl (C=O) groups is 1. The van der Waals surface area contributed by atoms with Gasteiger partial charge in [-0.15, -0.1) is 11.3 Å². The van der Waals surface area contributed by atoms with Crippen molar-refractivity contribution in [2.45, 2.75) is 33.7 Å². The Kier molecular flexibility index (Phi) is 4.29. The molecule has 0 saturated heterocycles. The molecule has 0 bridgehead atoms. The minimum absolute atomic E-state index is 0.204. The van der Waals surface area contributed by atoms with Gasteiger partial charge in [0.2, 0.25) is 0 Å². The third-order valence-electron chi connectivity index (χ3n) is 2.78. The lowest BCUT2D eigenvalue weighted by Crippen LogP contribution is -2.26. The Bertz CT molecular complexity index is 670. The Morgan fingerprint density at radius 2 is 2.15 bits per heavy atom. The Morgan fingerprint density at radius 1 is 1.40 bits per heavy atom. The maximum Gasteiger partial charge on any atom is 0.277 e. The Labute approximate surface area is 120 Å². The van der Waals surface area contributed by atoms with E-state index in [4.69, 9.17) is 0 Å². The molecule has 2 aromatic rings. The largest absolute Gasteiger partial charge is 0.296 e. The number of amides is 1. The highest BCUT2D eigenvalue weighted by Gasteiger charge is 2.12. The van der Waals surface area contributed by atoms with Crippen molar-refractivity contribution in [3.05, 3.63) is 38.8 Å². The number of anilines is 1. The van der Waals surface area contributed by atoms with Crippen molar-refractivity contribution in [2.24, 2.45) is 0 Å². The molecular formula is C13H16N4O2S. The van der Waals surface area contributed by atoms with Crippen molar-refractivity contribution in [3.63, 3.8) is 0 Å². The Morgan fingerprint density at radius 3 is 2.75 bits per heavy atom. The van der Waals surface area contributed by atoms with Gasteiger partial charge in [-0.1, -0.05) is 6.92 Å². The minimum Gasteiger partial charge on any atom is -0.296 e. The zero-order chi connectivity index (χ0) is 14.7. The topological polar surface area (TPSA) is 76.9 Å². The number of rotatable bonds is 4. The number of nitrogens with zero attached hydrogens (tertiary/aromatic N) is 3. The van der Waals surface area contributed by atoms with E-state index in [0.717, 1.165) is 17.0 Å². The molecule has 0 radical (unpaired) electrons. The predicted octanol–water partition coefficient (Wildman–Crippen LogP) is 1.98. The fourth-order valence-electron chi connectivity index (χ4n) is 1.63. The van der Waals surface area contributed by atoms with E-state index in [9.17, 15) is 9.59 Å². The first-order valence-electron chi connectivity index (χ1n) is 6.34. The summed E-state index contributed by atoms with van der Waals surface area (Å²) in [5.74, 6) is -0.358. The van der Waals surface area contributed by atoms with Gasteiger partial charge in [-0.25, -0.2) is 9.67 Å². The molecule has 1 amide bonds. The number of aromatic nitrogens is 3. The summed E-state index contributed by atoms with van der Waals surface area (Å²) in [5, 5.41) is 7.30. The van der Waals surface area contributed by atoms with Crippen LogP contribution in [0.2, 0.25) is 0 Å². The van der Waals surface area contributed by atoms with Gasteiger partial charge in [0.05, 0.1) is 5.69 Å². The van der Waals surface area contributed by atoms with E-state index < -0.39 is 0 Å². The third kappa shape index (κ3) is 3.11. The highest BCUT2D eigenvalue weighted by atomic mass is 32.1. The van der Waals surface area contributed by atoms with Crippen LogP contribution in [-0.4, -0.2) is 20.7 Å². The molecule has 2 rings (SSSR count). The van der Waals surface area contributed by atoms with Crippen LogP contribution in [0, 0.1) is 13.8 Å². The van der Waals surface area contributed by atoms with Crippen molar-refractivity contribution in [2.75, 3.05) is 5.32 Å². The molecule has 7 heteroatoms.